The monoisotopic (exact) mass is 759 g/mol. The van der Waals surface area contributed by atoms with Crippen molar-refractivity contribution in [3.63, 3.8) is 0 Å². The zero-order chi connectivity index (χ0) is 37.2. The van der Waals surface area contributed by atoms with Gasteiger partial charge in [0.05, 0.1) is 22.1 Å². The summed E-state index contributed by atoms with van der Waals surface area (Å²) in [6, 6.07) is 63.8. The van der Waals surface area contributed by atoms with Crippen molar-refractivity contribution < 1.29 is 0 Å². The van der Waals surface area contributed by atoms with E-state index in [1.807, 2.05) is 22.7 Å². The average molecular weight is 760 g/mol. The molecule has 57 heavy (non-hydrogen) atoms. The lowest BCUT2D eigenvalue weighted by atomic mass is 10.0. The van der Waals surface area contributed by atoms with Crippen molar-refractivity contribution >= 4 is 117 Å². The van der Waals surface area contributed by atoms with Crippen LogP contribution in [0.4, 0.5) is 0 Å². The molecule has 0 bridgehead atoms. The molecule has 13 rings (SSSR count). The number of fused-ring (bicyclic) bond motifs is 14. The van der Waals surface area contributed by atoms with Crippen LogP contribution in [0, 0.1) is 0 Å². The van der Waals surface area contributed by atoms with Crippen molar-refractivity contribution in [1.29, 1.82) is 0 Å². The largest absolute Gasteiger partial charge is 0.292 e. The number of aromatic nitrogens is 3. The third-order valence-corrected chi connectivity index (χ3v) is 14.3. The molecule has 264 valence electrons. The van der Waals surface area contributed by atoms with E-state index in [0.717, 1.165) is 39.1 Å². The first-order chi connectivity index (χ1) is 28.3. The smallest absolute Gasteiger partial charge is 0.165 e. The van der Waals surface area contributed by atoms with Crippen LogP contribution in [0.1, 0.15) is 0 Å². The number of hydrogen-bond acceptors (Lipinski definition) is 4. The quantitative estimate of drug-likeness (QED) is 0.180. The number of para-hydroxylation sites is 2. The van der Waals surface area contributed by atoms with Gasteiger partial charge in [-0.25, -0.2) is 9.97 Å². The van der Waals surface area contributed by atoms with Gasteiger partial charge in [-0.3, -0.25) is 4.57 Å². The summed E-state index contributed by atoms with van der Waals surface area (Å²) in [5, 5.41) is 12.6. The molecule has 0 aliphatic carbocycles. The Bertz CT molecular complexity index is 3820. The Hall–Kier alpha value is -6.92. The van der Waals surface area contributed by atoms with E-state index in [0.29, 0.717) is 0 Å². The van der Waals surface area contributed by atoms with E-state index in [-0.39, 0.29) is 0 Å². The normalized spacial score (nSPS) is 12.2. The first-order valence-electron chi connectivity index (χ1n) is 19.2. The summed E-state index contributed by atoms with van der Waals surface area (Å²) in [4.78, 5) is 11.1. The van der Waals surface area contributed by atoms with E-state index >= 15 is 0 Å². The molecule has 0 N–H and O–H groups in total. The lowest BCUT2D eigenvalue weighted by Crippen LogP contribution is -2.03. The maximum atomic E-state index is 5.57. The molecule has 4 aromatic heterocycles. The van der Waals surface area contributed by atoms with E-state index in [9.17, 15) is 0 Å². The highest BCUT2D eigenvalue weighted by atomic mass is 32.1. The van der Waals surface area contributed by atoms with Crippen LogP contribution in [0.2, 0.25) is 0 Å². The summed E-state index contributed by atoms with van der Waals surface area (Å²) in [5.41, 5.74) is 8.44. The van der Waals surface area contributed by atoms with E-state index in [1.54, 1.807) is 0 Å². The SMILES string of the molecule is c1ccc(-c2cccc3c2sc2c(-c4nc5ccccc5nc4-n4c5cc6sc7c8ccccc8ccc7c6cc5c5c6ccccc6ccc54)cccc23)cc1. The molecular formula is C52H29N3S2. The summed E-state index contributed by atoms with van der Waals surface area (Å²) in [6.07, 6.45) is 0. The number of benzene rings is 9. The second-order valence-electron chi connectivity index (χ2n) is 14.9. The summed E-state index contributed by atoms with van der Waals surface area (Å²) in [6.45, 7) is 0. The number of thiophene rings is 2. The summed E-state index contributed by atoms with van der Waals surface area (Å²) >= 11 is 3.74. The third kappa shape index (κ3) is 4.47. The van der Waals surface area contributed by atoms with E-state index in [4.69, 9.17) is 9.97 Å². The van der Waals surface area contributed by atoms with Crippen LogP contribution >= 0.6 is 22.7 Å². The van der Waals surface area contributed by atoms with Crippen LogP contribution < -0.4 is 0 Å². The molecule has 13 aromatic rings. The van der Waals surface area contributed by atoms with Crippen molar-refractivity contribution in [2.75, 3.05) is 0 Å². The van der Waals surface area contributed by atoms with Gasteiger partial charge in [0.15, 0.2) is 5.82 Å². The molecule has 0 aliphatic rings. The predicted molar refractivity (Wildman–Crippen MR) is 246 cm³/mol. The number of rotatable bonds is 3. The van der Waals surface area contributed by atoms with Gasteiger partial charge in [-0.05, 0) is 63.0 Å². The molecule has 9 aromatic carbocycles. The molecule has 0 spiro atoms. The van der Waals surface area contributed by atoms with Crippen LogP contribution in [0.3, 0.4) is 0 Å². The Labute approximate surface area is 334 Å². The standard InChI is InChI=1S/C52H29N3S2/c1-2-12-30(13-3-1)35-18-10-19-36-37-20-11-21-39(51(37)57-50(35)36)48-52(54-43-23-9-8-22-42(43)53-48)55-44-27-25-31-14-4-6-16-33(31)47(44)41-28-40-38-26-24-32-15-5-7-17-34(32)49(38)56-46(40)29-45(41)55/h1-29H. The highest BCUT2D eigenvalue weighted by Gasteiger charge is 2.24. The maximum Gasteiger partial charge on any atom is 0.165 e. The van der Waals surface area contributed by atoms with Crippen LogP contribution in [0.25, 0.3) is 123 Å². The molecule has 0 atom stereocenters. The Morgan fingerprint density at radius 2 is 1.02 bits per heavy atom. The lowest BCUT2D eigenvalue weighted by molar-refractivity contribution is 1.08. The highest BCUT2D eigenvalue weighted by molar-refractivity contribution is 7.27. The van der Waals surface area contributed by atoms with Gasteiger partial charge in [-0.2, -0.15) is 0 Å². The second kappa shape index (κ2) is 11.8. The fourth-order valence-corrected chi connectivity index (χ4v) is 11.8. The van der Waals surface area contributed by atoms with Gasteiger partial charge >= 0.3 is 0 Å². The number of nitrogens with zero attached hydrogens (tertiary/aromatic N) is 3. The molecule has 0 aliphatic heterocycles. The molecule has 0 radical (unpaired) electrons. The zero-order valence-corrected chi connectivity index (χ0v) is 32.0. The van der Waals surface area contributed by atoms with Crippen LogP contribution in [0.15, 0.2) is 176 Å². The van der Waals surface area contributed by atoms with Crippen molar-refractivity contribution in [2.24, 2.45) is 0 Å². The Morgan fingerprint density at radius 1 is 0.386 bits per heavy atom. The van der Waals surface area contributed by atoms with Gasteiger partial charge in [0.1, 0.15) is 5.69 Å². The summed E-state index contributed by atoms with van der Waals surface area (Å²) < 4.78 is 7.48. The Balaban J connectivity index is 1.17. The van der Waals surface area contributed by atoms with Crippen LogP contribution in [-0.4, -0.2) is 14.5 Å². The van der Waals surface area contributed by atoms with Crippen LogP contribution in [0.5, 0.6) is 0 Å². The number of hydrogen-bond donors (Lipinski definition) is 0. The molecule has 0 unspecified atom stereocenters. The first-order valence-corrected chi connectivity index (χ1v) is 20.9. The highest BCUT2D eigenvalue weighted by Crippen LogP contribution is 2.47. The Morgan fingerprint density at radius 3 is 1.84 bits per heavy atom. The predicted octanol–water partition coefficient (Wildman–Crippen LogP) is 15.1. The molecule has 0 amide bonds. The van der Waals surface area contributed by atoms with Gasteiger partial charge in [0.2, 0.25) is 0 Å². The van der Waals surface area contributed by atoms with Gasteiger partial charge in [0, 0.05) is 56.7 Å². The molecule has 5 heteroatoms. The van der Waals surface area contributed by atoms with Gasteiger partial charge in [-0.1, -0.05) is 146 Å². The minimum absolute atomic E-state index is 0.836. The summed E-state index contributed by atoms with van der Waals surface area (Å²) in [5.74, 6) is 0.836. The molecule has 3 nitrogen and oxygen atoms in total. The van der Waals surface area contributed by atoms with E-state index < -0.39 is 0 Å². The molecule has 4 heterocycles. The third-order valence-electron chi connectivity index (χ3n) is 11.8. The zero-order valence-electron chi connectivity index (χ0n) is 30.4. The van der Waals surface area contributed by atoms with Crippen molar-refractivity contribution in [1.82, 2.24) is 14.5 Å². The van der Waals surface area contributed by atoms with Crippen molar-refractivity contribution in [2.45, 2.75) is 0 Å². The fraction of sp³-hybridized carbons (Fsp3) is 0. The molecule has 0 saturated carbocycles. The minimum atomic E-state index is 0.836. The van der Waals surface area contributed by atoms with E-state index in [1.165, 1.54) is 83.8 Å². The summed E-state index contributed by atoms with van der Waals surface area (Å²) in [7, 11) is 0. The lowest BCUT2D eigenvalue weighted by Gasteiger charge is -2.14. The molecule has 0 fully saturated rings. The van der Waals surface area contributed by atoms with Gasteiger partial charge < -0.3 is 0 Å². The van der Waals surface area contributed by atoms with Gasteiger partial charge in [0.25, 0.3) is 0 Å². The first kappa shape index (κ1) is 31.3. The molecule has 0 saturated heterocycles. The van der Waals surface area contributed by atoms with E-state index in [2.05, 4.69) is 180 Å². The molecular weight excluding hydrogens is 731 g/mol. The topological polar surface area (TPSA) is 30.7 Å². The van der Waals surface area contributed by atoms with Crippen molar-refractivity contribution in [3.05, 3.63) is 176 Å². The minimum Gasteiger partial charge on any atom is -0.292 e. The fourth-order valence-electron chi connectivity index (χ4n) is 9.19. The van der Waals surface area contributed by atoms with Crippen LogP contribution in [-0.2, 0) is 0 Å². The average Bonchev–Trinajstić information content (AvgIpc) is 3.95. The van der Waals surface area contributed by atoms with Crippen molar-refractivity contribution in [3.8, 4) is 28.2 Å². The Kier molecular flexibility index (Phi) is 6.48. The maximum absolute atomic E-state index is 5.57. The van der Waals surface area contributed by atoms with Gasteiger partial charge in [-0.15, -0.1) is 22.7 Å². The second-order valence-corrected chi connectivity index (χ2v) is 16.9.